The van der Waals surface area contributed by atoms with Crippen LogP contribution in [-0.4, -0.2) is 188 Å². The van der Waals surface area contributed by atoms with E-state index in [1.54, 1.807) is 95.1 Å². The zero-order valence-electron chi connectivity index (χ0n) is 56.0. The van der Waals surface area contributed by atoms with Crippen LogP contribution in [0, 0.1) is 29.1 Å². The van der Waals surface area contributed by atoms with Crippen molar-refractivity contribution in [1.29, 1.82) is 0 Å². The third-order valence-corrected chi connectivity index (χ3v) is 16.9. The minimum Gasteiger partial charge on any atom is -0.480 e. The number of nitrogens with two attached hydrogens (primary N) is 3. The Morgan fingerprint density at radius 3 is 1.92 bits per heavy atom. The topological polar surface area (TPSA) is 379 Å². The lowest BCUT2D eigenvalue weighted by molar-refractivity contribution is -0.149. The molecule has 26 heteroatoms. The van der Waals surface area contributed by atoms with Crippen LogP contribution < -0.4 is 49.1 Å². The predicted octanol–water partition coefficient (Wildman–Crippen LogP) is 4.01. The van der Waals surface area contributed by atoms with E-state index in [1.807, 2.05) is 40.7 Å². The van der Waals surface area contributed by atoms with Gasteiger partial charge in [0.15, 0.2) is 0 Å². The summed E-state index contributed by atoms with van der Waals surface area (Å²) in [5.74, 6) is -6.64. The number of amides is 10. The van der Waals surface area contributed by atoms with Crippen molar-refractivity contribution in [3.63, 3.8) is 0 Å². The molecule has 2 aromatic rings. The van der Waals surface area contributed by atoms with Crippen LogP contribution in [0.25, 0.3) is 0 Å². The summed E-state index contributed by atoms with van der Waals surface area (Å²) in [6.07, 6.45) is 1.32. The van der Waals surface area contributed by atoms with Gasteiger partial charge in [0.25, 0.3) is 0 Å². The molecule has 1 saturated heterocycles. The lowest BCUT2D eigenvalue weighted by Gasteiger charge is -2.42. The molecule has 0 aromatic heterocycles. The Kier molecular flexibility index (Phi) is 32.3. The second kappa shape index (κ2) is 37.8. The van der Waals surface area contributed by atoms with Crippen LogP contribution in [0.5, 0.6) is 0 Å². The Morgan fingerprint density at radius 2 is 1.37 bits per heavy atom. The van der Waals surface area contributed by atoms with E-state index in [4.69, 9.17) is 31.4 Å². The molecular formula is C65H106N12O14. The van der Waals surface area contributed by atoms with E-state index in [-0.39, 0.29) is 56.6 Å². The Balaban J connectivity index is 1.74. The molecule has 91 heavy (non-hydrogen) atoms. The number of primary amides is 1. The first-order chi connectivity index (χ1) is 42.8. The number of benzene rings is 2. The highest BCUT2D eigenvalue weighted by Crippen LogP contribution is 2.31. The summed E-state index contributed by atoms with van der Waals surface area (Å²) in [5.41, 5.74) is 17.6. The van der Waals surface area contributed by atoms with E-state index >= 15 is 0 Å². The van der Waals surface area contributed by atoms with E-state index in [0.29, 0.717) is 62.9 Å². The quantitative estimate of drug-likeness (QED) is 0.0427. The first-order valence-corrected chi connectivity index (χ1v) is 31.7. The maximum absolute atomic E-state index is 15.0. The maximum Gasteiger partial charge on any atom is 0.410 e. The number of rotatable bonds is 37. The number of carboxylic acid groups (broad SMARTS) is 1. The number of methoxy groups -OCH3 is 2. The number of urea groups is 1. The van der Waals surface area contributed by atoms with Gasteiger partial charge in [0.1, 0.15) is 36.8 Å². The van der Waals surface area contributed by atoms with Gasteiger partial charge < -0.3 is 78.2 Å². The number of carboxylic acids is 1. The number of nitrogens with one attached hydrogen (secondary N) is 6. The molecule has 510 valence electrons. The summed E-state index contributed by atoms with van der Waals surface area (Å²) in [4.78, 5) is 140. The lowest BCUT2D eigenvalue weighted by Crippen LogP contribution is -2.62. The van der Waals surface area contributed by atoms with Crippen LogP contribution in [0.1, 0.15) is 138 Å². The van der Waals surface area contributed by atoms with Gasteiger partial charge >= 0.3 is 18.1 Å². The van der Waals surface area contributed by atoms with Crippen LogP contribution in [0.15, 0.2) is 54.6 Å². The minimum absolute atomic E-state index is 0.0777. The van der Waals surface area contributed by atoms with Crippen LogP contribution in [-0.2, 0) is 65.6 Å². The summed E-state index contributed by atoms with van der Waals surface area (Å²) in [6.45, 7) is 18.7. The summed E-state index contributed by atoms with van der Waals surface area (Å²) >= 11 is 0. The molecule has 2 aromatic carbocycles. The van der Waals surface area contributed by atoms with E-state index in [1.165, 1.54) is 31.1 Å². The number of anilines is 1. The maximum atomic E-state index is 15.0. The number of hydrogen-bond donors (Lipinski definition) is 10. The Morgan fingerprint density at radius 1 is 0.736 bits per heavy atom. The van der Waals surface area contributed by atoms with Crippen molar-refractivity contribution >= 4 is 65.1 Å². The second-order valence-electron chi connectivity index (χ2n) is 25.6. The number of carbonyl (C=O) groups is 10. The van der Waals surface area contributed by atoms with Gasteiger partial charge in [-0.1, -0.05) is 125 Å². The predicted molar refractivity (Wildman–Crippen MR) is 345 cm³/mol. The molecule has 26 nitrogen and oxygen atoms in total. The zero-order valence-corrected chi connectivity index (χ0v) is 56.0. The van der Waals surface area contributed by atoms with E-state index in [0.717, 1.165) is 5.56 Å². The highest BCUT2D eigenvalue weighted by molar-refractivity contribution is 5.99. The Bertz CT molecular complexity index is 2690. The standard InChI is InChI=1S/C65H106N12O14/c1-15-40(6)53(49(89-13)36-50(78)77-34-22-27-48(77)54(90-14)41(7)56(79)72-47(62(85)86)35-42-23-17-16-18-24-42)75(11)61(84)55(65(8,9)10)74-60(83)52(39(4)5)76(12)64(88)91-37-43-28-30-44(31-29-43)70-58(81)46(26-21-33-69-63(68)87)71-59(82)51(38(2)3)73-57(80)45(67)25-19-20-32-66/h16-18,23-24,28-31,38-41,45-49,51-55H,15,19-22,25-27,32-37,66-67H2,1-14H3,(H,70,81)(H,71,82)(H,72,79)(H,73,80)(H,74,83)(H,85,86)(H3,68,69,87). The average molecular weight is 1280 g/mol. The molecule has 0 aliphatic carbocycles. The van der Waals surface area contributed by atoms with Crippen molar-refractivity contribution in [2.24, 2.45) is 46.3 Å². The average Bonchev–Trinajstić information content (AvgIpc) is 1.76. The van der Waals surface area contributed by atoms with Crippen LogP contribution in [0.4, 0.5) is 15.3 Å². The largest absolute Gasteiger partial charge is 0.480 e. The number of hydrogen-bond acceptors (Lipinski definition) is 15. The molecule has 1 fully saturated rings. The first kappa shape index (κ1) is 77.8. The summed E-state index contributed by atoms with van der Waals surface area (Å²) in [7, 11) is 5.99. The van der Waals surface area contributed by atoms with Gasteiger partial charge in [0, 0.05) is 53.5 Å². The van der Waals surface area contributed by atoms with Crippen LogP contribution >= 0.6 is 0 Å². The van der Waals surface area contributed by atoms with Gasteiger partial charge in [0.2, 0.25) is 41.4 Å². The fourth-order valence-electron chi connectivity index (χ4n) is 11.4. The number of ether oxygens (including phenoxy) is 3. The van der Waals surface area contributed by atoms with Gasteiger partial charge in [-0.25, -0.2) is 14.4 Å². The molecule has 0 spiro atoms. The van der Waals surface area contributed by atoms with Gasteiger partial charge in [-0.2, -0.15) is 0 Å². The minimum atomic E-state index is -1.19. The lowest BCUT2D eigenvalue weighted by atomic mass is 9.83. The Hall–Kier alpha value is -7.42. The van der Waals surface area contributed by atoms with E-state index in [2.05, 4.69) is 31.9 Å². The molecular weight excluding hydrogens is 1170 g/mol. The van der Waals surface area contributed by atoms with E-state index in [9.17, 15) is 53.1 Å². The summed E-state index contributed by atoms with van der Waals surface area (Å²) < 4.78 is 17.7. The molecule has 10 amide bonds. The third kappa shape index (κ3) is 24.0. The molecule has 3 rings (SSSR count). The van der Waals surface area contributed by atoms with Crippen molar-refractivity contribution in [1.82, 2.24) is 41.3 Å². The molecule has 12 unspecified atom stereocenters. The van der Waals surface area contributed by atoms with Crippen molar-refractivity contribution in [3.8, 4) is 0 Å². The SMILES string of the molecule is CCC(C)C(C(CC(=O)N1CCCC1C(OC)C(C)C(=O)NC(Cc1ccccc1)C(=O)O)OC)N(C)C(=O)C(NC(=O)C(C(C)C)N(C)C(=O)OCc1ccc(NC(=O)C(CCCNC(N)=O)NC(=O)C(NC(=O)C(N)CCCCN)C(C)C)cc1)C(C)(C)C. The molecule has 1 aliphatic rings. The molecule has 0 bridgehead atoms. The second-order valence-corrected chi connectivity index (χ2v) is 25.6. The molecule has 12 atom stereocenters. The van der Waals surface area contributed by atoms with Crippen molar-refractivity contribution in [2.45, 2.75) is 201 Å². The van der Waals surface area contributed by atoms with Crippen molar-refractivity contribution in [3.05, 3.63) is 65.7 Å². The number of nitrogens with zero attached hydrogens (tertiary/aromatic N) is 3. The van der Waals surface area contributed by atoms with Crippen molar-refractivity contribution < 1.29 is 67.3 Å². The normalized spacial score (nSPS) is 16.9. The van der Waals surface area contributed by atoms with Gasteiger partial charge in [-0.15, -0.1) is 0 Å². The number of carbonyl (C=O) groups excluding carboxylic acids is 9. The number of likely N-dealkylation sites (N-methyl/N-ethyl adjacent to an activating group) is 2. The molecule has 0 radical (unpaired) electrons. The molecule has 0 saturated carbocycles. The van der Waals surface area contributed by atoms with Crippen LogP contribution in [0.2, 0.25) is 0 Å². The van der Waals surface area contributed by atoms with Gasteiger partial charge in [-0.3, -0.25) is 38.5 Å². The van der Waals surface area contributed by atoms with Crippen LogP contribution in [0.3, 0.4) is 0 Å². The molecule has 1 heterocycles. The van der Waals surface area contributed by atoms with Gasteiger partial charge in [-0.05, 0) is 91.5 Å². The fourth-order valence-corrected chi connectivity index (χ4v) is 11.4. The number of unbranched alkanes of at least 4 members (excludes halogenated alkanes) is 1. The molecule has 1 aliphatic heterocycles. The van der Waals surface area contributed by atoms with Crippen molar-refractivity contribution in [2.75, 3.05) is 53.3 Å². The van der Waals surface area contributed by atoms with Gasteiger partial charge in [0.05, 0.1) is 42.7 Å². The fraction of sp³-hybridized carbons (Fsp3) is 0.662. The summed E-state index contributed by atoms with van der Waals surface area (Å²) in [5, 5.41) is 26.4. The highest BCUT2D eigenvalue weighted by atomic mass is 16.6. The third-order valence-electron chi connectivity index (χ3n) is 16.9. The molecule has 13 N–H and O–H groups in total. The smallest absolute Gasteiger partial charge is 0.410 e. The summed E-state index contributed by atoms with van der Waals surface area (Å²) in [6, 6.07) is 7.01. The first-order valence-electron chi connectivity index (χ1n) is 31.7. The number of likely N-dealkylation sites (tertiary alicyclic amines) is 1. The highest BCUT2D eigenvalue weighted by Gasteiger charge is 2.45. The number of aliphatic carboxylic acids is 1. The van der Waals surface area contributed by atoms with E-state index < -0.39 is 131 Å². The Labute approximate surface area is 537 Å². The zero-order chi connectivity index (χ0) is 68.4. The monoisotopic (exact) mass is 1280 g/mol.